The van der Waals surface area contributed by atoms with Gasteiger partial charge in [0.25, 0.3) is 0 Å². The zero-order valence-corrected chi connectivity index (χ0v) is 11.2. The fourth-order valence-electron chi connectivity index (χ4n) is 3.84. The molecule has 2 saturated carbocycles. The van der Waals surface area contributed by atoms with Crippen LogP contribution < -0.4 is 0 Å². The van der Waals surface area contributed by atoms with Crippen LogP contribution in [0.1, 0.15) is 35.2 Å². The zero-order chi connectivity index (χ0) is 13.0. The summed E-state index contributed by atoms with van der Waals surface area (Å²) in [6, 6.07) is 12.5. The van der Waals surface area contributed by atoms with E-state index in [2.05, 4.69) is 31.2 Å². The minimum Gasteiger partial charge on any atom is -0.294 e. The first-order valence-corrected chi connectivity index (χ1v) is 7.26. The fourth-order valence-corrected chi connectivity index (χ4v) is 3.84. The van der Waals surface area contributed by atoms with Crippen molar-refractivity contribution in [3.8, 4) is 0 Å². The Labute approximate surface area is 113 Å². The van der Waals surface area contributed by atoms with E-state index in [4.69, 9.17) is 0 Å². The molecule has 0 saturated heterocycles. The van der Waals surface area contributed by atoms with Gasteiger partial charge in [-0.2, -0.15) is 0 Å². The molecule has 0 N–H and O–H groups in total. The minimum absolute atomic E-state index is 0.285. The van der Waals surface area contributed by atoms with E-state index in [-0.39, 0.29) is 5.92 Å². The third-order valence-electron chi connectivity index (χ3n) is 5.00. The molecule has 1 heteroatoms. The second-order valence-electron chi connectivity index (χ2n) is 6.27. The second kappa shape index (κ2) is 3.93. The van der Waals surface area contributed by atoms with Crippen LogP contribution in [0.25, 0.3) is 10.8 Å². The highest BCUT2D eigenvalue weighted by molar-refractivity contribution is 6.10. The molecule has 2 aromatic rings. The number of carbonyl (C=O) groups is 1. The number of aryl methyl sites for hydroxylation is 1. The maximum Gasteiger partial charge on any atom is 0.166 e. The Bertz CT molecular complexity index is 660. The lowest BCUT2D eigenvalue weighted by Gasteiger charge is -2.15. The lowest BCUT2D eigenvalue weighted by atomic mass is 9.88. The summed E-state index contributed by atoms with van der Waals surface area (Å²) in [6.45, 7) is 2.06. The summed E-state index contributed by atoms with van der Waals surface area (Å²) in [5.74, 6) is 2.41. The third kappa shape index (κ3) is 1.72. The molecule has 1 nitrogen and oxygen atoms in total. The van der Waals surface area contributed by atoms with Crippen LogP contribution in [0.4, 0.5) is 0 Å². The van der Waals surface area contributed by atoms with Crippen LogP contribution in [0.5, 0.6) is 0 Å². The summed E-state index contributed by atoms with van der Waals surface area (Å²) >= 11 is 0. The van der Waals surface area contributed by atoms with Crippen LogP contribution >= 0.6 is 0 Å². The molecule has 0 radical (unpaired) electrons. The van der Waals surface area contributed by atoms with E-state index in [9.17, 15) is 4.79 Å². The Morgan fingerprint density at radius 3 is 2.53 bits per heavy atom. The number of Topliss-reactive ketones (excluding diaryl/α,β-unsaturated/α-hetero) is 1. The predicted octanol–water partition coefficient (Wildman–Crippen LogP) is 4.38. The number of hydrogen-bond donors (Lipinski definition) is 0. The van der Waals surface area contributed by atoms with Gasteiger partial charge in [0, 0.05) is 11.5 Å². The Kier molecular flexibility index (Phi) is 2.32. The molecular formula is C18H18O. The molecule has 19 heavy (non-hydrogen) atoms. The van der Waals surface area contributed by atoms with E-state index < -0.39 is 0 Å². The number of rotatable bonds is 2. The van der Waals surface area contributed by atoms with Crippen LogP contribution in [-0.4, -0.2) is 5.78 Å². The molecule has 2 unspecified atom stereocenters. The van der Waals surface area contributed by atoms with Gasteiger partial charge in [-0.05, 0) is 54.4 Å². The predicted molar refractivity (Wildman–Crippen MR) is 77.3 cm³/mol. The Morgan fingerprint density at radius 1 is 1.00 bits per heavy atom. The lowest BCUT2D eigenvalue weighted by Crippen LogP contribution is -2.14. The van der Waals surface area contributed by atoms with Crippen LogP contribution in [0, 0.1) is 24.7 Å². The van der Waals surface area contributed by atoms with E-state index >= 15 is 0 Å². The van der Waals surface area contributed by atoms with Crippen molar-refractivity contribution in [3.63, 3.8) is 0 Å². The van der Waals surface area contributed by atoms with Gasteiger partial charge in [0.2, 0.25) is 0 Å². The Morgan fingerprint density at radius 2 is 1.74 bits per heavy atom. The normalized spacial score (nSPS) is 28.4. The van der Waals surface area contributed by atoms with Crippen molar-refractivity contribution in [2.75, 3.05) is 0 Å². The van der Waals surface area contributed by atoms with Gasteiger partial charge in [-0.1, -0.05) is 36.4 Å². The maximum absolute atomic E-state index is 12.8. The summed E-state index contributed by atoms with van der Waals surface area (Å²) in [4.78, 5) is 12.8. The SMILES string of the molecule is Cc1ccc2ccccc2c1C(=O)C1CC2CC2C1. The second-order valence-corrected chi connectivity index (χ2v) is 6.27. The smallest absolute Gasteiger partial charge is 0.166 e. The Hall–Kier alpha value is -1.63. The topological polar surface area (TPSA) is 17.1 Å². The molecule has 0 bridgehead atoms. The highest BCUT2D eigenvalue weighted by atomic mass is 16.1. The number of hydrogen-bond acceptors (Lipinski definition) is 1. The van der Waals surface area contributed by atoms with Gasteiger partial charge in [0.15, 0.2) is 5.78 Å². The standard InChI is InChI=1S/C18H18O/c1-11-6-7-12-4-2-3-5-16(12)17(11)18(19)15-9-13-8-14(13)10-15/h2-7,13-15H,8-10H2,1H3. The van der Waals surface area contributed by atoms with Crippen LogP contribution in [0.15, 0.2) is 36.4 Å². The maximum atomic E-state index is 12.8. The van der Waals surface area contributed by atoms with Gasteiger partial charge in [0.1, 0.15) is 0 Å². The van der Waals surface area contributed by atoms with Crippen LogP contribution in [0.3, 0.4) is 0 Å². The van der Waals surface area contributed by atoms with E-state index in [0.717, 1.165) is 41.2 Å². The molecule has 96 valence electrons. The highest BCUT2D eigenvalue weighted by Gasteiger charge is 2.48. The lowest BCUT2D eigenvalue weighted by molar-refractivity contribution is 0.0915. The average Bonchev–Trinajstić information content (AvgIpc) is 3.04. The van der Waals surface area contributed by atoms with Crippen molar-refractivity contribution < 1.29 is 4.79 Å². The largest absolute Gasteiger partial charge is 0.294 e. The zero-order valence-electron chi connectivity index (χ0n) is 11.2. The summed E-state index contributed by atoms with van der Waals surface area (Å²) in [5.41, 5.74) is 2.11. The first-order valence-electron chi connectivity index (χ1n) is 7.26. The summed E-state index contributed by atoms with van der Waals surface area (Å²) in [5, 5.41) is 2.31. The van der Waals surface area contributed by atoms with Gasteiger partial charge in [-0.15, -0.1) is 0 Å². The van der Waals surface area contributed by atoms with Crippen molar-refractivity contribution in [2.24, 2.45) is 17.8 Å². The summed E-state index contributed by atoms with van der Waals surface area (Å²) < 4.78 is 0. The van der Waals surface area contributed by atoms with Gasteiger partial charge >= 0.3 is 0 Å². The number of fused-ring (bicyclic) bond motifs is 2. The molecule has 0 aliphatic heterocycles. The number of ketones is 1. The molecule has 0 aromatic heterocycles. The van der Waals surface area contributed by atoms with Crippen LogP contribution in [0.2, 0.25) is 0 Å². The number of carbonyl (C=O) groups excluding carboxylic acids is 1. The first kappa shape index (κ1) is 11.2. The molecule has 0 spiro atoms. The Balaban J connectivity index is 1.80. The molecule has 2 aromatic carbocycles. The van der Waals surface area contributed by atoms with Gasteiger partial charge < -0.3 is 0 Å². The van der Waals surface area contributed by atoms with E-state index in [1.54, 1.807) is 0 Å². The van der Waals surface area contributed by atoms with Crippen molar-refractivity contribution in [1.29, 1.82) is 0 Å². The summed E-state index contributed by atoms with van der Waals surface area (Å²) in [7, 11) is 0. The molecule has 2 fully saturated rings. The van der Waals surface area contributed by atoms with Gasteiger partial charge in [-0.3, -0.25) is 4.79 Å². The van der Waals surface area contributed by atoms with Crippen molar-refractivity contribution >= 4 is 16.6 Å². The fraction of sp³-hybridized carbons (Fsp3) is 0.389. The van der Waals surface area contributed by atoms with E-state index in [1.165, 1.54) is 11.8 Å². The van der Waals surface area contributed by atoms with Crippen molar-refractivity contribution in [1.82, 2.24) is 0 Å². The third-order valence-corrected chi connectivity index (χ3v) is 5.00. The van der Waals surface area contributed by atoms with Crippen LogP contribution in [-0.2, 0) is 0 Å². The first-order chi connectivity index (χ1) is 9.24. The quantitative estimate of drug-likeness (QED) is 0.723. The van der Waals surface area contributed by atoms with E-state index in [1.807, 2.05) is 12.1 Å². The molecule has 0 amide bonds. The monoisotopic (exact) mass is 250 g/mol. The summed E-state index contributed by atoms with van der Waals surface area (Å²) in [6.07, 6.45) is 3.64. The van der Waals surface area contributed by atoms with Gasteiger partial charge in [0.05, 0.1) is 0 Å². The van der Waals surface area contributed by atoms with E-state index in [0.29, 0.717) is 5.78 Å². The molecular weight excluding hydrogens is 232 g/mol. The molecule has 2 atom stereocenters. The number of benzene rings is 2. The molecule has 2 aliphatic rings. The highest BCUT2D eigenvalue weighted by Crippen LogP contribution is 2.55. The molecule has 2 aliphatic carbocycles. The minimum atomic E-state index is 0.285. The van der Waals surface area contributed by atoms with Crippen molar-refractivity contribution in [2.45, 2.75) is 26.2 Å². The van der Waals surface area contributed by atoms with Crippen molar-refractivity contribution in [3.05, 3.63) is 47.5 Å². The molecule has 0 heterocycles. The average molecular weight is 250 g/mol. The molecule has 4 rings (SSSR count). The van der Waals surface area contributed by atoms with Gasteiger partial charge in [-0.25, -0.2) is 0 Å².